The smallest absolute Gasteiger partial charge is 0.00519 e. The van der Waals surface area contributed by atoms with Crippen molar-refractivity contribution < 1.29 is 0 Å². The summed E-state index contributed by atoms with van der Waals surface area (Å²) >= 11 is 0. The van der Waals surface area contributed by atoms with Crippen molar-refractivity contribution >= 4 is 29.4 Å². The fourth-order valence-electron chi connectivity index (χ4n) is 5.58. The largest absolute Gasteiger partial charge is 0.320 e. The van der Waals surface area contributed by atoms with Gasteiger partial charge < -0.3 is 10.6 Å². The molecule has 2 N–H and O–H groups in total. The zero-order valence-corrected chi connectivity index (χ0v) is 43.2. The summed E-state index contributed by atoms with van der Waals surface area (Å²) in [5, 5.41) is 6.32. The standard InChI is InChI=1S/2C9H21N.4C8H18.BrH.ClH/c2*1-3-4-5-6-7-8-9-10-2;4*1-3-5-7-8-6-4-2;;/h2*10H,3-9H2,1-2H3;4*3-8H2,1-2H3;2*1H. The maximum absolute atomic E-state index is 3.16. The predicted molar refractivity (Wildman–Crippen MR) is 268 cm³/mol. The SMILES string of the molecule is Br.CCCCCCCC.CCCCCCCC.CCCCCCCC.CCCCCCCC.CCCCCCCCNC.CCCCCCCCNC.Cl. The van der Waals surface area contributed by atoms with E-state index in [0.29, 0.717) is 0 Å². The van der Waals surface area contributed by atoms with Crippen LogP contribution in [0.3, 0.4) is 0 Å². The van der Waals surface area contributed by atoms with Crippen molar-refractivity contribution in [2.45, 2.75) is 300 Å². The summed E-state index contributed by atoms with van der Waals surface area (Å²) in [5.41, 5.74) is 0. The van der Waals surface area contributed by atoms with E-state index in [2.05, 4.69) is 79.9 Å². The van der Waals surface area contributed by atoms with E-state index < -0.39 is 0 Å². The third-order valence-corrected chi connectivity index (χ3v) is 9.39. The average Bonchev–Trinajstić information content (AvgIpc) is 3.17. The molecule has 0 aliphatic carbocycles. The lowest BCUT2D eigenvalue weighted by atomic mass is 10.1. The molecule has 340 valence electrons. The normalized spacial score (nSPS) is 9.56. The highest BCUT2D eigenvalue weighted by Crippen LogP contribution is 2.07. The van der Waals surface area contributed by atoms with Crippen LogP contribution in [0, 0.1) is 0 Å². The van der Waals surface area contributed by atoms with Crippen LogP contribution < -0.4 is 10.6 Å². The molecule has 54 heavy (non-hydrogen) atoms. The Bertz CT molecular complexity index is 348. The minimum atomic E-state index is 0. The van der Waals surface area contributed by atoms with Gasteiger partial charge in [0.2, 0.25) is 0 Å². The summed E-state index contributed by atoms with van der Waals surface area (Å²) in [7, 11) is 4.04. The van der Waals surface area contributed by atoms with Crippen LogP contribution in [0.2, 0.25) is 0 Å². The molecule has 0 radical (unpaired) electrons. The van der Waals surface area contributed by atoms with Crippen LogP contribution in [0.15, 0.2) is 0 Å². The van der Waals surface area contributed by atoms with Crippen LogP contribution in [0.5, 0.6) is 0 Å². The van der Waals surface area contributed by atoms with E-state index in [1.807, 2.05) is 14.1 Å². The quantitative estimate of drug-likeness (QED) is 0.0630. The molecule has 4 heteroatoms. The maximum atomic E-state index is 3.16. The van der Waals surface area contributed by atoms with E-state index in [1.165, 1.54) is 244 Å². The van der Waals surface area contributed by atoms with Crippen LogP contribution in [0.4, 0.5) is 0 Å². The highest BCUT2D eigenvalue weighted by Gasteiger charge is 1.89. The van der Waals surface area contributed by atoms with Crippen LogP contribution in [-0.4, -0.2) is 27.2 Å². The molecular weight excluding hydrogens is 744 g/mol. The van der Waals surface area contributed by atoms with Gasteiger partial charge in [-0.1, -0.05) is 288 Å². The molecule has 2 nitrogen and oxygen atoms in total. The zero-order chi connectivity index (χ0) is 40.3. The first kappa shape index (κ1) is 72.3. The van der Waals surface area contributed by atoms with E-state index in [-0.39, 0.29) is 29.4 Å². The van der Waals surface area contributed by atoms with Gasteiger partial charge in [0.15, 0.2) is 0 Å². The Labute approximate surface area is 365 Å². The minimum Gasteiger partial charge on any atom is -0.320 e. The molecule has 0 aromatic heterocycles. The fraction of sp³-hybridized carbons (Fsp3) is 1.00. The van der Waals surface area contributed by atoms with E-state index >= 15 is 0 Å². The number of nitrogens with one attached hydrogen (secondary N) is 2. The molecule has 0 bridgehead atoms. The first-order chi connectivity index (χ1) is 25.5. The monoisotopic (exact) mass is 859 g/mol. The van der Waals surface area contributed by atoms with Gasteiger partial charge in [-0.05, 0) is 40.0 Å². The van der Waals surface area contributed by atoms with Crippen molar-refractivity contribution in [3.05, 3.63) is 0 Å². The van der Waals surface area contributed by atoms with Crippen molar-refractivity contribution in [1.29, 1.82) is 0 Å². The lowest BCUT2D eigenvalue weighted by molar-refractivity contribution is 0.592. The summed E-state index contributed by atoms with van der Waals surface area (Å²) in [6.07, 6.45) is 50.7. The van der Waals surface area contributed by atoms with Gasteiger partial charge in [-0.15, -0.1) is 29.4 Å². The molecule has 0 amide bonds. The summed E-state index contributed by atoms with van der Waals surface area (Å²) in [4.78, 5) is 0. The molecule has 0 aliphatic heterocycles. The topological polar surface area (TPSA) is 24.1 Å². The summed E-state index contributed by atoms with van der Waals surface area (Å²) in [6, 6.07) is 0. The first-order valence-electron chi connectivity index (χ1n) is 24.8. The molecule has 0 saturated carbocycles. The van der Waals surface area contributed by atoms with Gasteiger partial charge >= 0.3 is 0 Å². The minimum absolute atomic E-state index is 0. The first-order valence-corrected chi connectivity index (χ1v) is 24.8. The lowest BCUT2D eigenvalue weighted by Gasteiger charge is -1.98. The molecule has 0 aliphatic rings. The zero-order valence-electron chi connectivity index (χ0n) is 40.7. The Morgan fingerprint density at radius 2 is 0.315 bits per heavy atom. The Kier molecular flexibility index (Phi) is 121. The van der Waals surface area contributed by atoms with Gasteiger partial charge in [-0.25, -0.2) is 0 Å². The van der Waals surface area contributed by atoms with Gasteiger partial charge in [0, 0.05) is 0 Å². The fourth-order valence-corrected chi connectivity index (χ4v) is 5.58. The number of hydrogen-bond donors (Lipinski definition) is 2. The van der Waals surface area contributed by atoms with Crippen molar-refractivity contribution in [3.63, 3.8) is 0 Å². The van der Waals surface area contributed by atoms with Gasteiger partial charge in [-0.3, -0.25) is 0 Å². The maximum Gasteiger partial charge on any atom is -0.00519 e. The number of rotatable bonds is 34. The van der Waals surface area contributed by atoms with E-state index in [4.69, 9.17) is 0 Å². The van der Waals surface area contributed by atoms with Crippen molar-refractivity contribution in [2.24, 2.45) is 0 Å². The van der Waals surface area contributed by atoms with Crippen LogP contribution in [0.25, 0.3) is 0 Å². The summed E-state index contributed by atoms with van der Waals surface area (Å²) < 4.78 is 0. The van der Waals surface area contributed by atoms with Crippen molar-refractivity contribution in [3.8, 4) is 0 Å². The predicted octanol–water partition coefficient (Wildman–Crippen LogP) is 19.6. The second kappa shape index (κ2) is 90.0. The molecule has 0 unspecified atom stereocenters. The summed E-state index contributed by atoms with van der Waals surface area (Å²) in [5.74, 6) is 0. The highest BCUT2D eigenvalue weighted by atomic mass is 79.9. The van der Waals surface area contributed by atoms with Crippen molar-refractivity contribution in [1.82, 2.24) is 10.6 Å². The molecule has 0 atom stereocenters. The third-order valence-electron chi connectivity index (χ3n) is 9.39. The second-order valence-corrected chi connectivity index (χ2v) is 15.4. The van der Waals surface area contributed by atoms with Gasteiger partial charge in [0.1, 0.15) is 0 Å². The second-order valence-electron chi connectivity index (χ2n) is 15.4. The van der Waals surface area contributed by atoms with E-state index in [9.17, 15) is 0 Å². The molecule has 0 heterocycles. The van der Waals surface area contributed by atoms with Gasteiger partial charge in [0.25, 0.3) is 0 Å². The average molecular weight is 861 g/mol. The Hall–Kier alpha value is 0.690. The molecule has 0 saturated heterocycles. The molecular formula is C50H116BrClN2. The molecule has 0 aromatic carbocycles. The van der Waals surface area contributed by atoms with Crippen LogP contribution >= 0.6 is 29.4 Å². The van der Waals surface area contributed by atoms with Crippen LogP contribution in [-0.2, 0) is 0 Å². The number of unbranched alkanes of at least 4 members (excludes halogenated alkanes) is 30. The van der Waals surface area contributed by atoms with Gasteiger partial charge in [-0.2, -0.15) is 0 Å². The molecule has 0 fully saturated rings. The molecule has 0 aromatic rings. The molecule has 0 rings (SSSR count). The molecule has 0 spiro atoms. The Morgan fingerprint density at radius 3 is 0.426 bits per heavy atom. The summed E-state index contributed by atoms with van der Waals surface area (Å²) in [6.45, 7) is 24.9. The van der Waals surface area contributed by atoms with Crippen LogP contribution in [0.1, 0.15) is 300 Å². The van der Waals surface area contributed by atoms with E-state index in [1.54, 1.807) is 0 Å². The Morgan fingerprint density at radius 1 is 0.204 bits per heavy atom. The van der Waals surface area contributed by atoms with Gasteiger partial charge in [0.05, 0.1) is 0 Å². The van der Waals surface area contributed by atoms with E-state index in [0.717, 1.165) is 0 Å². The Balaban J connectivity index is -0.0000000780. The van der Waals surface area contributed by atoms with Crippen molar-refractivity contribution in [2.75, 3.05) is 27.2 Å². The number of halogens is 2. The third kappa shape index (κ3) is 117. The number of hydrogen-bond acceptors (Lipinski definition) is 2. The lowest BCUT2D eigenvalue weighted by Crippen LogP contribution is -2.06. The highest BCUT2D eigenvalue weighted by molar-refractivity contribution is 8.93.